The smallest absolute Gasteiger partial charge is 0.341 e. The molecule has 1 aromatic heterocycles. The molecule has 76 valence electrons. The summed E-state index contributed by atoms with van der Waals surface area (Å²) in [5.74, 6) is -1.14. The summed E-state index contributed by atoms with van der Waals surface area (Å²) in [5, 5.41) is 8.88. The number of aryl methyl sites for hydroxylation is 2. The maximum Gasteiger partial charge on any atom is 0.341 e. The summed E-state index contributed by atoms with van der Waals surface area (Å²) >= 11 is 0. The molecule has 0 spiro atoms. The van der Waals surface area contributed by atoms with Gasteiger partial charge in [-0.05, 0) is 18.1 Å². The van der Waals surface area contributed by atoms with Crippen LogP contribution in [0.25, 0.3) is 0 Å². The number of pyridine rings is 1. The van der Waals surface area contributed by atoms with Gasteiger partial charge in [-0.25, -0.2) is 4.79 Å². The van der Waals surface area contributed by atoms with E-state index >= 15 is 0 Å². The Bertz CT molecular complexity index is 406. The van der Waals surface area contributed by atoms with Gasteiger partial charge in [0.25, 0.3) is 5.56 Å². The lowest BCUT2D eigenvalue weighted by atomic mass is 10.1. The van der Waals surface area contributed by atoms with E-state index in [4.69, 9.17) is 5.11 Å². The number of aromatic carboxylic acids is 1. The number of nitrogens with zero attached hydrogens (tertiary/aromatic N) is 1. The highest BCUT2D eigenvalue weighted by Gasteiger charge is 2.14. The SMILES string of the molecule is CCCc1ccn(C)c(=O)c1C(=O)O. The van der Waals surface area contributed by atoms with Gasteiger partial charge in [0.1, 0.15) is 5.56 Å². The lowest BCUT2D eigenvalue weighted by Gasteiger charge is -2.05. The predicted octanol–water partition coefficient (Wildman–Crippen LogP) is 1.04. The molecule has 0 aliphatic rings. The zero-order valence-corrected chi connectivity index (χ0v) is 8.28. The zero-order valence-electron chi connectivity index (χ0n) is 8.28. The number of carbonyl (C=O) groups is 1. The van der Waals surface area contributed by atoms with Gasteiger partial charge in [-0.15, -0.1) is 0 Å². The molecule has 0 fully saturated rings. The molecule has 0 bridgehead atoms. The van der Waals surface area contributed by atoms with Gasteiger partial charge in [0, 0.05) is 13.2 Å². The Hall–Kier alpha value is -1.58. The Morgan fingerprint density at radius 3 is 2.71 bits per heavy atom. The van der Waals surface area contributed by atoms with E-state index in [1.165, 1.54) is 4.57 Å². The average molecular weight is 195 g/mol. The molecule has 4 nitrogen and oxygen atoms in total. The van der Waals surface area contributed by atoms with Gasteiger partial charge in [0.05, 0.1) is 0 Å². The van der Waals surface area contributed by atoms with Gasteiger partial charge in [0.15, 0.2) is 0 Å². The standard InChI is InChI=1S/C10H13NO3/c1-3-4-7-5-6-11(2)9(12)8(7)10(13)14/h5-6H,3-4H2,1-2H3,(H,13,14). The van der Waals surface area contributed by atoms with Crippen LogP contribution in [-0.2, 0) is 13.5 Å². The lowest BCUT2D eigenvalue weighted by Crippen LogP contribution is -2.25. The van der Waals surface area contributed by atoms with Crippen LogP contribution < -0.4 is 5.56 Å². The van der Waals surface area contributed by atoms with Crippen molar-refractivity contribution in [2.45, 2.75) is 19.8 Å². The van der Waals surface area contributed by atoms with Crippen molar-refractivity contribution >= 4 is 5.97 Å². The van der Waals surface area contributed by atoms with Crippen LogP contribution in [0.5, 0.6) is 0 Å². The summed E-state index contributed by atoms with van der Waals surface area (Å²) in [6, 6.07) is 1.69. The van der Waals surface area contributed by atoms with Gasteiger partial charge >= 0.3 is 5.97 Å². The maximum atomic E-state index is 11.5. The number of carboxylic acids is 1. The number of hydrogen-bond donors (Lipinski definition) is 1. The van der Waals surface area contributed by atoms with Crippen molar-refractivity contribution in [3.8, 4) is 0 Å². The lowest BCUT2D eigenvalue weighted by molar-refractivity contribution is 0.0693. The Morgan fingerprint density at radius 2 is 2.21 bits per heavy atom. The van der Waals surface area contributed by atoms with Crippen molar-refractivity contribution in [2.24, 2.45) is 7.05 Å². The summed E-state index contributed by atoms with van der Waals surface area (Å²) < 4.78 is 1.28. The second-order valence-corrected chi connectivity index (χ2v) is 3.19. The summed E-state index contributed by atoms with van der Waals surface area (Å²) in [5.41, 5.74) is 0.0726. The van der Waals surface area contributed by atoms with E-state index in [-0.39, 0.29) is 5.56 Å². The molecular formula is C10H13NO3. The molecule has 0 saturated carbocycles. The Morgan fingerprint density at radius 1 is 1.57 bits per heavy atom. The first-order chi connectivity index (χ1) is 6.57. The van der Waals surface area contributed by atoms with E-state index < -0.39 is 11.5 Å². The van der Waals surface area contributed by atoms with Crippen molar-refractivity contribution in [2.75, 3.05) is 0 Å². The fourth-order valence-corrected chi connectivity index (χ4v) is 1.37. The molecule has 0 amide bonds. The topological polar surface area (TPSA) is 59.3 Å². The van der Waals surface area contributed by atoms with Gasteiger partial charge in [0.2, 0.25) is 0 Å². The highest BCUT2D eigenvalue weighted by Crippen LogP contribution is 2.06. The second-order valence-electron chi connectivity index (χ2n) is 3.19. The largest absolute Gasteiger partial charge is 0.477 e. The molecule has 1 heterocycles. The molecule has 0 radical (unpaired) electrons. The third kappa shape index (κ3) is 1.84. The van der Waals surface area contributed by atoms with Crippen LogP contribution in [0.15, 0.2) is 17.1 Å². The third-order valence-corrected chi connectivity index (χ3v) is 2.09. The van der Waals surface area contributed by atoms with E-state index in [1.807, 2.05) is 6.92 Å². The summed E-state index contributed by atoms with van der Waals surface area (Å²) in [4.78, 5) is 22.3. The number of rotatable bonds is 3. The molecular weight excluding hydrogens is 182 g/mol. The number of carboxylic acid groups (broad SMARTS) is 1. The first kappa shape index (κ1) is 10.5. The van der Waals surface area contributed by atoms with E-state index in [2.05, 4.69) is 0 Å². The minimum Gasteiger partial charge on any atom is -0.477 e. The quantitative estimate of drug-likeness (QED) is 0.783. The predicted molar refractivity (Wildman–Crippen MR) is 52.6 cm³/mol. The van der Waals surface area contributed by atoms with Gasteiger partial charge in [-0.2, -0.15) is 0 Å². The molecule has 1 rings (SSSR count). The summed E-state index contributed by atoms with van der Waals surface area (Å²) in [7, 11) is 1.55. The van der Waals surface area contributed by atoms with Gasteiger partial charge in [-0.1, -0.05) is 13.3 Å². The fourth-order valence-electron chi connectivity index (χ4n) is 1.37. The van der Waals surface area contributed by atoms with Gasteiger partial charge < -0.3 is 9.67 Å². The van der Waals surface area contributed by atoms with Crippen LogP contribution in [0, 0.1) is 0 Å². The molecule has 14 heavy (non-hydrogen) atoms. The summed E-state index contributed by atoms with van der Waals surface area (Å²) in [6.45, 7) is 1.95. The van der Waals surface area contributed by atoms with Crippen LogP contribution in [0.2, 0.25) is 0 Å². The zero-order chi connectivity index (χ0) is 10.7. The van der Waals surface area contributed by atoms with Crippen molar-refractivity contribution in [1.82, 2.24) is 4.57 Å². The monoisotopic (exact) mass is 195 g/mol. The molecule has 1 N–H and O–H groups in total. The van der Waals surface area contributed by atoms with Crippen molar-refractivity contribution in [3.05, 3.63) is 33.7 Å². The molecule has 1 aromatic rings. The third-order valence-electron chi connectivity index (χ3n) is 2.09. The highest BCUT2D eigenvalue weighted by molar-refractivity contribution is 5.88. The Labute approximate surface area is 81.8 Å². The van der Waals surface area contributed by atoms with E-state index in [9.17, 15) is 9.59 Å². The number of hydrogen-bond acceptors (Lipinski definition) is 2. The maximum absolute atomic E-state index is 11.5. The van der Waals surface area contributed by atoms with Gasteiger partial charge in [-0.3, -0.25) is 4.79 Å². The molecule has 0 aliphatic heterocycles. The molecule has 0 saturated heterocycles. The minimum absolute atomic E-state index is 0.100. The Kier molecular flexibility index (Phi) is 3.06. The van der Waals surface area contributed by atoms with Crippen LogP contribution in [0.3, 0.4) is 0 Å². The Balaban J connectivity index is 3.38. The van der Waals surface area contributed by atoms with Crippen LogP contribution in [-0.4, -0.2) is 15.6 Å². The van der Waals surface area contributed by atoms with E-state index in [1.54, 1.807) is 19.3 Å². The van der Waals surface area contributed by atoms with Crippen molar-refractivity contribution in [1.29, 1.82) is 0 Å². The molecule has 4 heteroatoms. The first-order valence-electron chi connectivity index (χ1n) is 4.49. The van der Waals surface area contributed by atoms with Crippen molar-refractivity contribution in [3.63, 3.8) is 0 Å². The van der Waals surface area contributed by atoms with Crippen molar-refractivity contribution < 1.29 is 9.90 Å². The molecule has 0 atom stereocenters. The second kappa shape index (κ2) is 4.09. The molecule has 0 unspecified atom stereocenters. The van der Waals surface area contributed by atoms with E-state index in [0.717, 1.165) is 6.42 Å². The summed E-state index contributed by atoms with van der Waals surface area (Å²) in [6.07, 6.45) is 3.05. The van der Waals surface area contributed by atoms with Crippen LogP contribution >= 0.6 is 0 Å². The van der Waals surface area contributed by atoms with Crippen LogP contribution in [0.4, 0.5) is 0 Å². The number of aromatic nitrogens is 1. The minimum atomic E-state index is -1.14. The molecule has 0 aliphatic carbocycles. The normalized spacial score (nSPS) is 10.1. The fraction of sp³-hybridized carbons (Fsp3) is 0.400. The molecule has 0 aromatic carbocycles. The highest BCUT2D eigenvalue weighted by atomic mass is 16.4. The van der Waals surface area contributed by atoms with Crippen LogP contribution in [0.1, 0.15) is 29.3 Å². The average Bonchev–Trinajstić information content (AvgIpc) is 2.11. The van der Waals surface area contributed by atoms with E-state index in [0.29, 0.717) is 12.0 Å². The first-order valence-corrected chi connectivity index (χ1v) is 4.49.